The van der Waals surface area contributed by atoms with Crippen molar-refractivity contribution in [2.45, 2.75) is 57.1 Å². The highest BCUT2D eigenvalue weighted by molar-refractivity contribution is 9.10. The van der Waals surface area contributed by atoms with Gasteiger partial charge in [-0.15, -0.1) is 0 Å². The van der Waals surface area contributed by atoms with Gasteiger partial charge in [-0.1, -0.05) is 40.2 Å². The van der Waals surface area contributed by atoms with Crippen molar-refractivity contribution in [2.75, 3.05) is 6.54 Å². The van der Waals surface area contributed by atoms with Gasteiger partial charge < -0.3 is 10.2 Å². The average Bonchev–Trinajstić information content (AvgIpc) is 2.97. The second-order valence-electron chi connectivity index (χ2n) is 8.47. The lowest BCUT2D eigenvalue weighted by atomic mass is 10.1. The van der Waals surface area contributed by atoms with E-state index >= 15 is 0 Å². The summed E-state index contributed by atoms with van der Waals surface area (Å²) in [5.74, 6) is -1.15. The van der Waals surface area contributed by atoms with Crippen LogP contribution in [0, 0.1) is 0 Å². The molecule has 2 aromatic rings. The quantitative estimate of drug-likeness (QED) is 0.516. The Morgan fingerprint density at radius 3 is 2.44 bits per heavy atom. The van der Waals surface area contributed by atoms with E-state index in [0.29, 0.717) is 0 Å². The predicted molar refractivity (Wildman–Crippen MR) is 131 cm³/mol. The molecule has 0 saturated carbocycles. The molecule has 0 aliphatic carbocycles. The van der Waals surface area contributed by atoms with Crippen LogP contribution in [0.2, 0.25) is 0 Å². The van der Waals surface area contributed by atoms with Crippen molar-refractivity contribution in [3.05, 3.63) is 64.1 Å². The molecule has 1 aliphatic heterocycles. The summed E-state index contributed by atoms with van der Waals surface area (Å²) in [6.07, 6.45) is 0.133. The van der Waals surface area contributed by atoms with Gasteiger partial charge in [0.15, 0.2) is 0 Å². The number of carbonyl (C=O) groups is 3. The van der Waals surface area contributed by atoms with Crippen LogP contribution in [-0.4, -0.2) is 54.0 Å². The number of nitrogens with zero attached hydrogens (tertiary/aromatic N) is 2. The van der Waals surface area contributed by atoms with Crippen molar-refractivity contribution < 1.29 is 22.8 Å². The minimum atomic E-state index is -3.92. The highest BCUT2D eigenvalue weighted by Gasteiger charge is 2.40. The molecular weight excluding hydrogens is 522 g/mol. The van der Waals surface area contributed by atoms with Gasteiger partial charge in [0.05, 0.1) is 5.56 Å². The number of fused-ring (bicyclic) bond motifs is 1. The molecule has 1 unspecified atom stereocenters. The lowest BCUT2D eigenvalue weighted by Crippen LogP contribution is -2.49. The summed E-state index contributed by atoms with van der Waals surface area (Å²) in [6, 6.07) is 12.7. The van der Waals surface area contributed by atoms with E-state index in [1.807, 2.05) is 38.1 Å². The van der Waals surface area contributed by atoms with Crippen molar-refractivity contribution >= 4 is 43.7 Å². The highest BCUT2D eigenvalue weighted by atomic mass is 79.9. The number of benzene rings is 2. The summed E-state index contributed by atoms with van der Waals surface area (Å²) in [4.78, 5) is 39.9. The number of carbonyl (C=O) groups excluding carboxylic acids is 3. The van der Waals surface area contributed by atoms with Gasteiger partial charge >= 0.3 is 0 Å². The lowest BCUT2D eigenvalue weighted by Gasteiger charge is -2.29. The van der Waals surface area contributed by atoms with Crippen LogP contribution >= 0.6 is 15.9 Å². The summed E-state index contributed by atoms with van der Waals surface area (Å²) >= 11 is 3.42. The van der Waals surface area contributed by atoms with Gasteiger partial charge in [0.25, 0.3) is 15.9 Å². The van der Waals surface area contributed by atoms with E-state index in [2.05, 4.69) is 21.2 Å². The first kappa shape index (κ1) is 25.9. The van der Waals surface area contributed by atoms with Gasteiger partial charge in [0, 0.05) is 30.0 Å². The van der Waals surface area contributed by atoms with Crippen LogP contribution in [-0.2, 0) is 26.2 Å². The molecule has 1 N–H and O–H groups in total. The molecule has 0 bridgehead atoms. The summed E-state index contributed by atoms with van der Waals surface area (Å²) in [6.45, 7) is 5.46. The Kier molecular flexibility index (Phi) is 8.14. The van der Waals surface area contributed by atoms with Crippen LogP contribution in [0.25, 0.3) is 0 Å². The Labute approximate surface area is 208 Å². The van der Waals surface area contributed by atoms with Crippen LogP contribution in [0.5, 0.6) is 0 Å². The van der Waals surface area contributed by atoms with Crippen molar-refractivity contribution in [1.29, 1.82) is 0 Å². The van der Waals surface area contributed by atoms with E-state index in [-0.39, 0.29) is 54.2 Å². The molecule has 3 amide bonds. The van der Waals surface area contributed by atoms with Crippen LogP contribution in [0.15, 0.2) is 57.9 Å². The van der Waals surface area contributed by atoms with E-state index in [0.717, 1.165) is 14.3 Å². The van der Waals surface area contributed by atoms with E-state index in [1.165, 1.54) is 17.0 Å². The van der Waals surface area contributed by atoms with Crippen molar-refractivity contribution in [1.82, 2.24) is 14.5 Å². The molecule has 0 fully saturated rings. The molecule has 182 valence electrons. The number of amides is 3. The maximum Gasteiger partial charge on any atom is 0.269 e. The lowest BCUT2D eigenvalue weighted by molar-refractivity contribution is -0.140. The third kappa shape index (κ3) is 5.67. The molecule has 0 aromatic heterocycles. The molecule has 2 aromatic carbocycles. The van der Waals surface area contributed by atoms with Crippen molar-refractivity contribution in [2.24, 2.45) is 0 Å². The van der Waals surface area contributed by atoms with Crippen LogP contribution < -0.4 is 5.32 Å². The van der Waals surface area contributed by atoms with E-state index in [9.17, 15) is 22.8 Å². The Bertz CT molecular complexity index is 1200. The van der Waals surface area contributed by atoms with E-state index < -0.39 is 22.0 Å². The number of sulfonamides is 1. The van der Waals surface area contributed by atoms with Gasteiger partial charge in [0.2, 0.25) is 11.8 Å². The van der Waals surface area contributed by atoms with Gasteiger partial charge in [-0.2, -0.15) is 0 Å². The molecule has 0 radical (unpaired) electrons. The molecule has 0 saturated heterocycles. The Morgan fingerprint density at radius 1 is 1.09 bits per heavy atom. The maximum atomic E-state index is 13.2. The monoisotopic (exact) mass is 549 g/mol. The Hall–Kier alpha value is -2.72. The molecule has 8 nitrogen and oxygen atoms in total. The third-order valence-corrected chi connectivity index (χ3v) is 7.84. The molecule has 1 atom stereocenters. The summed E-state index contributed by atoms with van der Waals surface area (Å²) in [7, 11) is -3.92. The first-order valence-corrected chi connectivity index (χ1v) is 13.3. The SMILES string of the molecule is CC(C)NC(=O)C(C)N(Cc1cccc(Br)c1)C(=O)CCCN1C(=O)c2ccccc2S1(=O)=O. The standard InChI is InChI=1S/C24H28BrN3O5S/c1-16(2)26-23(30)17(3)27(15-18-8-6-9-19(25)14-18)22(29)12-7-13-28-24(31)20-10-4-5-11-21(20)34(28,32)33/h4-6,8-11,14,16-17H,7,12-13,15H2,1-3H3,(H,26,30). The number of nitrogens with one attached hydrogen (secondary N) is 1. The zero-order valence-corrected chi connectivity index (χ0v) is 21.7. The molecule has 34 heavy (non-hydrogen) atoms. The molecule has 1 aliphatic rings. The first-order valence-electron chi connectivity index (χ1n) is 11.0. The molecular formula is C24H28BrN3O5S. The molecule has 3 rings (SSSR count). The summed E-state index contributed by atoms with van der Waals surface area (Å²) < 4.78 is 27.1. The second-order valence-corrected chi connectivity index (χ2v) is 11.2. The molecule has 1 heterocycles. The summed E-state index contributed by atoms with van der Waals surface area (Å²) in [5, 5.41) is 2.83. The summed E-state index contributed by atoms with van der Waals surface area (Å²) in [5.41, 5.74) is 0.990. The van der Waals surface area contributed by atoms with Gasteiger partial charge in [0.1, 0.15) is 10.9 Å². The number of halogens is 1. The zero-order chi connectivity index (χ0) is 25.0. The molecule has 0 spiro atoms. The minimum absolute atomic E-state index is 0.0110. The Morgan fingerprint density at radius 2 is 1.79 bits per heavy atom. The number of hydrogen-bond donors (Lipinski definition) is 1. The predicted octanol–water partition coefficient (Wildman–Crippen LogP) is 3.32. The molecule has 10 heteroatoms. The Balaban J connectivity index is 1.71. The van der Waals surface area contributed by atoms with E-state index in [4.69, 9.17) is 0 Å². The maximum absolute atomic E-state index is 13.2. The normalized spacial score (nSPS) is 15.2. The van der Waals surface area contributed by atoms with Crippen molar-refractivity contribution in [3.63, 3.8) is 0 Å². The third-order valence-electron chi connectivity index (χ3n) is 5.50. The first-order chi connectivity index (χ1) is 16.0. The van der Waals surface area contributed by atoms with Crippen LogP contribution in [0.4, 0.5) is 0 Å². The number of hydrogen-bond acceptors (Lipinski definition) is 5. The number of rotatable bonds is 9. The average molecular weight is 550 g/mol. The fourth-order valence-corrected chi connectivity index (χ4v) is 5.84. The van der Waals surface area contributed by atoms with Gasteiger partial charge in [-0.25, -0.2) is 12.7 Å². The second kappa shape index (κ2) is 10.7. The largest absolute Gasteiger partial charge is 0.352 e. The van der Waals surface area contributed by atoms with Crippen LogP contribution in [0.1, 0.15) is 49.5 Å². The zero-order valence-electron chi connectivity index (χ0n) is 19.3. The van der Waals surface area contributed by atoms with Gasteiger partial charge in [-0.3, -0.25) is 14.4 Å². The topological polar surface area (TPSA) is 104 Å². The fraction of sp³-hybridized carbons (Fsp3) is 0.375. The minimum Gasteiger partial charge on any atom is -0.352 e. The van der Waals surface area contributed by atoms with Gasteiger partial charge in [-0.05, 0) is 57.0 Å². The fourth-order valence-electron chi connectivity index (χ4n) is 3.79. The highest BCUT2D eigenvalue weighted by Crippen LogP contribution is 2.30. The van der Waals surface area contributed by atoms with Crippen molar-refractivity contribution in [3.8, 4) is 0 Å². The van der Waals surface area contributed by atoms with E-state index in [1.54, 1.807) is 19.1 Å². The smallest absolute Gasteiger partial charge is 0.269 e. The van der Waals surface area contributed by atoms with Crippen LogP contribution in [0.3, 0.4) is 0 Å².